The van der Waals surface area contributed by atoms with Crippen LogP contribution in [0, 0.1) is 11.7 Å². The number of hydrogen-bond donors (Lipinski definition) is 2. The third-order valence-electron chi connectivity index (χ3n) is 5.84. The molecule has 1 heterocycles. The summed E-state index contributed by atoms with van der Waals surface area (Å²) in [6.07, 6.45) is -0.234. The Kier molecular flexibility index (Phi) is 8.17. The van der Waals surface area contributed by atoms with Crippen molar-refractivity contribution >= 4 is 21.6 Å². The molecule has 0 fully saturated rings. The number of fused-ring (bicyclic) bond motifs is 1. The number of ether oxygens (including phenoxy) is 1. The number of halogens is 1. The minimum atomic E-state index is -3.95. The fraction of sp³-hybridized carbons (Fsp3) is 0.458. The highest BCUT2D eigenvalue weighted by atomic mass is 32.2. The molecule has 2 aromatic carbocycles. The molecule has 2 N–H and O–H groups in total. The Morgan fingerprint density at radius 3 is 2.53 bits per heavy atom. The molecule has 10 heteroatoms. The van der Waals surface area contributed by atoms with Crippen LogP contribution in [0.2, 0.25) is 0 Å². The number of sulfonamides is 1. The van der Waals surface area contributed by atoms with Crippen LogP contribution < -0.4 is 9.46 Å². The first kappa shape index (κ1) is 25.9. The molecular weight excluding hydrogens is 461 g/mol. The number of aliphatic hydroxyl groups is 1. The van der Waals surface area contributed by atoms with E-state index in [-0.39, 0.29) is 47.6 Å². The lowest BCUT2D eigenvalue weighted by Crippen LogP contribution is -2.47. The van der Waals surface area contributed by atoms with Crippen LogP contribution in [0.1, 0.15) is 19.4 Å². The highest BCUT2D eigenvalue weighted by Crippen LogP contribution is 2.30. The fourth-order valence-corrected chi connectivity index (χ4v) is 4.95. The molecule has 1 amide bonds. The summed E-state index contributed by atoms with van der Waals surface area (Å²) in [7, 11) is -0.0684. The van der Waals surface area contributed by atoms with E-state index in [4.69, 9.17) is 4.74 Å². The molecule has 0 bridgehead atoms. The Morgan fingerprint density at radius 1 is 1.24 bits per heavy atom. The van der Waals surface area contributed by atoms with Gasteiger partial charge in [0, 0.05) is 30.3 Å². The van der Waals surface area contributed by atoms with Gasteiger partial charge in [-0.25, -0.2) is 12.8 Å². The Bertz CT molecular complexity index is 1110. The highest BCUT2D eigenvalue weighted by molar-refractivity contribution is 7.92. The first-order valence-corrected chi connectivity index (χ1v) is 12.6. The molecule has 0 radical (unpaired) electrons. The number of anilines is 1. The summed E-state index contributed by atoms with van der Waals surface area (Å²) in [6, 6.07) is 8.98. The molecule has 186 valence electrons. The Morgan fingerprint density at radius 2 is 1.91 bits per heavy atom. The number of rotatable bonds is 7. The monoisotopic (exact) mass is 493 g/mol. The number of nitrogens with zero attached hydrogens (tertiary/aromatic N) is 2. The number of benzene rings is 2. The van der Waals surface area contributed by atoms with Crippen molar-refractivity contribution in [2.24, 2.45) is 5.92 Å². The van der Waals surface area contributed by atoms with Gasteiger partial charge in [0.2, 0.25) is 5.91 Å². The Balaban J connectivity index is 1.97. The first-order valence-electron chi connectivity index (χ1n) is 11.1. The van der Waals surface area contributed by atoms with Crippen LogP contribution in [-0.2, 0) is 21.2 Å². The van der Waals surface area contributed by atoms with E-state index in [1.54, 1.807) is 30.0 Å². The van der Waals surface area contributed by atoms with Crippen molar-refractivity contribution in [3.05, 3.63) is 53.8 Å². The van der Waals surface area contributed by atoms with Crippen LogP contribution in [0.25, 0.3) is 0 Å². The standard InChI is InChI=1S/C24H32FN3O5S/c1-16-13-28(17(2)15-29)24(30)12-18-11-20(7-10-22(18)33-23(16)14-27(3)4)26-34(31,32)21-8-5-19(25)6-9-21/h5-11,16-17,23,26,29H,12-15H2,1-4H3/t16-,17-,23-/m0/s1. The van der Waals surface area contributed by atoms with E-state index >= 15 is 0 Å². The third kappa shape index (κ3) is 6.25. The summed E-state index contributed by atoms with van der Waals surface area (Å²) in [5, 5.41) is 9.69. The number of nitrogens with one attached hydrogen (secondary N) is 1. The Labute approximate surface area is 200 Å². The minimum absolute atomic E-state index is 0.00675. The number of aliphatic hydroxyl groups excluding tert-OH is 1. The smallest absolute Gasteiger partial charge is 0.261 e. The summed E-state index contributed by atoms with van der Waals surface area (Å²) in [4.78, 5) is 16.8. The SMILES string of the molecule is C[C@H]1CN([C@@H](C)CO)C(=O)Cc2cc(NS(=O)(=O)c3ccc(F)cc3)ccc2O[C@H]1CN(C)C. The maximum absolute atomic E-state index is 13.2. The van der Waals surface area contributed by atoms with Crippen molar-refractivity contribution in [3.63, 3.8) is 0 Å². The van der Waals surface area contributed by atoms with Gasteiger partial charge in [-0.1, -0.05) is 6.92 Å². The van der Waals surface area contributed by atoms with Crippen molar-refractivity contribution in [1.29, 1.82) is 0 Å². The highest BCUT2D eigenvalue weighted by Gasteiger charge is 2.31. The largest absolute Gasteiger partial charge is 0.488 e. The van der Waals surface area contributed by atoms with Crippen LogP contribution >= 0.6 is 0 Å². The van der Waals surface area contributed by atoms with Crippen LogP contribution in [0.3, 0.4) is 0 Å². The number of carbonyl (C=O) groups excluding carboxylic acids is 1. The first-order chi connectivity index (χ1) is 16.0. The van der Waals surface area contributed by atoms with Crippen molar-refractivity contribution in [1.82, 2.24) is 9.80 Å². The second-order valence-corrected chi connectivity index (χ2v) is 10.7. The zero-order valence-electron chi connectivity index (χ0n) is 19.9. The Hall–Kier alpha value is -2.69. The van der Waals surface area contributed by atoms with Crippen molar-refractivity contribution < 1.29 is 27.4 Å². The van der Waals surface area contributed by atoms with E-state index in [1.165, 1.54) is 12.1 Å². The molecule has 34 heavy (non-hydrogen) atoms. The lowest BCUT2D eigenvalue weighted by molar-refractivity contribution is -0.134. The van der Waals surface area contributed by atoms with Gasteiger partial charge < -0.3 is 19.6 Å². The summed E-state index contributed by atoms with van der Waals surface area (Å²) in [6.45, 7) is 4.68. The van der Waals surface area contributed by atoms with Crippen LogP contribution in [0.4, 0.5) is 10.1 Å². The molecule has 3 atom stereocenters. The second-order valence-electron chi connectivity index (χ2n) is 9.03. The van der Waals surface area contributed by atoms with Gasteiger partial charge in [0.25, 0.3) is 10.0 Å². The van der Waals surface area contributed by atoms with Crippen LogP contribution in [0.15, 0.2) is 47.4 Å². The molecule has 0 saturated heterocycles. The number of amides is 1. The molecule has 1 aliphatic heterocycles. The third-order valence-corrected chi connectivity index (χ3v) is 7.23. The minimum Gasteiger partial charge on any atom is -0.488 e. The molecule has 0 spiro atoms. The van der Waals surface area contributed by atoms with Crippen molar-refractivity contribution in [3.8, 4) is 5.75 Å². The van der Waals surface area contributed by atoms with Gasteiger partial charge in [-0.05, 0) is 63.5 Å². The normalized spacial score (nSPS) is 20.1. The predicted octanol–water partition coefficient (Wildman–Crippen LogP) is 2.34. The van der Waals surface area contributed by atoms with Crippen LogP contribution in [0.5, 0.6) is 5.75 Å². The van der Waals surface area contributed by atoms with Gasteiger partial charge in [0.15, 0.2) is 0 Å². The maximum atomic E-state index is 13.2. The number of carbonyl (C=O) groups is 1. The molecular formula is C24H32FN3O5S. The van der Waals surface area contributed by atoms with E-state index in [9.17, 15) is 22.7 Å². The summed E-state index contributed by atoms with van der Waals surface area (Å²) in [5.41, 5.74) is 0.801. The number of hydrogen-bond acceptors (Lipinski definition) is 6. The van der Waals surface area contributed by atoms with Gasteiger partial charge >= 0.3 is 0 Å². The van der Waals surface area contributed by atoms with Crippen LogP contribution in [-0.4, -0.2) is 75.2 Å². The molecule has 0 saturated carbocycles. The van der Waals surface area contributed by atoms with E-state index in [2.05, 4.69) is 4.72 Å². The molecule has 3 rings (SSSR count). The van der Waals surface area contributed by atoms with Crippen molar-refractivity contribution in [2.45, 2.75) is 37.3 Å². The van der Waals surface area contributed by atoms with Crippen molar-refractivity contribution in [2.75, 3.05) is 38.5 Å². The van der Waals surface area contributed by atoms with Gasteiger partial charge in [0.05, 0.1) is 24.0 Å². The molecule has 2 aromatic rings. The average molecular weight is 494 g/mol. The van der Waals surface area contributed by atoms with Gasteiger partial charge in [-0.3, -0.25) is 9.52 Å². The summed E-state index contributed by atoms with van der Waals surface area (Å²) >= 11 is 0. The topological polar surface area (TPSA) is 99.2 Å². The fourth-order valence-electron chi connectivity index (χ4n) is 3.90. The van der Waals surface area contributed by atoms with E-state index < -0.39 is 15.8 Å². The van der Waals surface area contributed by atoms with E-state index in [1.807, 2.05) is 25.9 Å². The molecule has 0 unspecified atom stereocenters. The molecule has 0 aromatic heterocycles. The zero-order chi connectivity index (χ0) is 25.0. The van der Waals surface area contributed by atoms with Gasteiger partial charge in [-0.2, -0.15) is 0 Å². The lowest BCUT2D eigenvalue weighted by Gasteiger charge is -2.33. The van der Waals surface area contributed by atoms with E-state index in [0.29, 0.717) is 24.4 Å². The maximum Gasteiger partial charge on any atom is 0.261 e. The predicted molar refractivity (Wildman–Crippen MR) is 128 cm³/mol. The molecule has 8 nitrogen and oxygen atoms in total. The van der Waals surface area contributed by atoms with Gasteiger partial charge in [0.1, 0.15) is 17.7 Å². The average Bonchev–Trinajstić information content (AvgIpc) is 2.81. The summed E-state index contributed by atoms with van der Waals surface area (Å²) in [5.74, 6) is -0.213. The zero-order valence-corrected chi connectivity index (χ0v) is 20.7. The molecule has 0 aliphatic carbocycles. The molecule has 1 aliphatic rings. The summed E-state index contributed by atoms with van der Waals surface area (Å²) < 4.78 is 47.5. The second kappa shape index (κ2) is 10.7. The quantitative estimate of drug-likeness (QED) is 0.614. The van der Waals surface area contributed by atoms with E-state index in [0.717, 1.165) is 12.1 Å². The van der Waals surface area contributed by atoms with Gasteiger partial charge in [-0.15, -0.1) is 0 Å². The lowest BCUT2D eigenvalue weighted by atomic mass is 10.0. The number of likely N-dealkylation sites (N-methyl/N-ethyl adjacent to an activating group) is 1.